The maximum Gasteiger partial charge on any atom is 0.264 e. The Hall–Kier alpha value is -2.41. The summed E-state index contributed by atoms with van der Waals surface area (Å²) in [6.07, 6.45) is 0. The molecule has 5 nitrogen and oxygen atoms in total. The van der Waals surface area contributed by atoms with Gasteiger partial charge in [-0.2, -0.15) is 0 Å². The molecule has 110 valence electrons. The van der Waals surface area contributed by atoms with Gasteiger partial charge in [-0.15, -0.1) is 0 Å². The molecule has 0 saturated heterocycles. The predicted octanol–water partition coefficient (Wildman–Crippen LogP) is 2.22. The summed E-state index contributed by atoms with van der Waals surface area (Å²) in [6, 6.07) is 9.80. The minimum atomic E-state index is -4.05. The Balaban J connectivity index is 2.44. The van der Waals surface area contributed by atoms with Crippen molar-refractivity contribution in [2.45, 2.75) is 11.8 Å². The van der Waals surface area contributed by atoms with Gasteiger partial charge in [-0.05, 0) is 30.7 Å². The van der Waals surface area contributed by atoms with E-state index in [0.717, 1.165) is 6.07 Å². The minimum absolute atomic E-state index is 0.179. The molecule has 0 fully saturated rings. The van der Waals surface area contributed by atoms with Crippen LogP contribution in [-0.2, 0) is 10.0 Å². The van der Waals surface area contributed by atoms with Crippen LogP contribution in [0.2, 0.25) is 0 Å². The standard InChI is InChI=1S/C14H14FN3O2S/c1-9-6-7-10(14(16)17)8-12(9)18-21(19,20)13-5-3-2-4-11(13)15/h2-8,18H,1H3,(H3,16,17). The Morgan fingerprint density at radius 2 is 1.90 bits per heavy atom. The quantitative estimate of drug-likeness (QED) is 0.597. The lowest BCUT2D eigenvalue weighted by molar-refractivity contribution is 0.570. The van der Waals surface area contributed by atoms with E-state index >= 15 is 0 Å². The largest absolute Gasteiger partial charge is 0.384 e. The van der Waals surface area contributed by atoms with Crippen molar-refractivity contribution in [2.24, 2.45) is 5.73 Å². The summed E-state index contributed by atoms with van der Waals surface area (Å²) in [6.45, 7) is 1.70. The molecule has 0 saturated carbocycles. The van der Waals surface area contributed by atoms with E-state index in [4.69, 9.17) is 11.1 Å². The number of benzene rings is 2. The fourth-order valence-corrected chi connectivity index (χ4v) is 2.96. The first-order valence-electron chi connectivity index (χ1n) is 6.03. The highest BCUT2D eigenvalue weighted by Gasteiger charge is 2.19. The summed E-state index contributed by atoms with van der Waals surface area (Å²) in [5, 5.41) is 7.37. The number of hydrogen-bond acceptors (Lipinski definition) is 3. The molecule has 0 spiro atoms. The van der Waals surface area contributed by atoms with Crippen LogP contribution in [0.15, 0.2) is 47.4 Å². The van der Waals surface area contributed by atoms with E-state index in [9.17, 15) is 12.8 Å². The number of anilines is 1. The molecule has 4 N–H and O–H groups in total. The van der Waals surface area contributed by atoms with Gasteiger partial charge in [0.2, 0.25) is 0 Å². The van der Waals surface area contributed by atoms with Gasteiger partial charge < -0.3 is 5.73 Å². The Bertz CT molecular complexity index is 804. The Labute approximate surface area is 122 Å². The van der Waals surface area contributed by atoms with Gasteiger partial charge in [-0.25, -0.2) is 12.8 Å². The van der Waals surface area contributed by atoms with Crippen molar-refractivity contribution < 1.29 is 12.8 Å². The van der Waals surface area contributed by atoms with Crippen LogP contribution < -0.4 is 10.5 Å². The average Bonchev–Trinajstić information content (AvgIpc) is 2.41. The fraction of sp³-hybridized carbons (Fsp3) is 0.0714. The number of rotatable bonds is 4. The Morgan fingerprint density at radius 1 is 1.24 bits per heavy atom. The molecule has 0 heterocycles. The number of halogens is 1. The minimum Gasteiger partial charge on any atom is -0.384 e. The highest BCUT2D eigenvalue weighted by Crippen LogP contribution is 2.22. The van der Waals surface area contributed by atoms with Crippen LogP contribution in [0.25, 0.3) is 0 Å². The highest BCUT2D eigenvalue weighted by atomic mass is 32.2. The van der Waals surface area contributed by atoms with Crippen molar-refractivity contribution in [3.63, 3.8) is 0 Å². The lowest BCUT2D eigenvalue weighted by atomic mass is 10.1. The maximum absolute atomic E-state index is 13.6. The molecule has 2 aromatic carbocycles. The first kappa shape index (κ1) is 15.0. The molecule has 21 heavy (non-hydrogen) atoms. The third-order valence-electron chi connectivity index (χ3n) is 2.92. The van der Waals surface area contributed by atoms with E-state index in [1.54, 1.807) is 19.1 Å². The number of hydrogen-bond donors (Lipinski definition) is 3. The Kier molecular flexibility index (Phi) is 3.95. The van der Waals surface area contributed by atoms with Crippen LogP contribution in [0.3, 0.4) is 0 Å². The van der Waals surface area contributed by atoms with E-state index in [0.29, 0.717) is 11.1 Å². The normalized spacial score (nSPS) is 11.1. The number of aryl methyl sites for hydroxylation is 1. The van der Waals surface area contributed by atoms with Crippen molar-refractivity contribution >= 4 is 21.5 Å². The summed E-state index contributed by atoms with van der Waals surface area (Å²) in [4.78, 5) is -0.433. The van der Waals surface area contributed by atoms with Gasteiger partial charge in [0, 0.05) is 5.56 Å². The molecule has 2 rings (SSSR count). The second-order valence-corrected chi connectivity index (χ2v) is 6.13. The van der Waals surface area contributed by atoms with Crippen molar-refractivity contribution in [3.8, 4) is 0 Å². The molecule has 0 amide bonds. The molecule has 7 heteroatoms. The third-order valence-corrected chi connectivity index (χ3v) is 4.32. The molecule has 0 aliphatic carbocycles. The van der Waals surface area contributed by atoms with Crippen LogP contribution in [0.4, 0.5) is 10.1 Å². The van der Waals surface area contributed by atoms with Gasteiger partial charge in [0.25, 0.3) is 10.0 Å². The molecular formula is C14H14FN3O2S. The van der Waals surface area contributed by atoms with Crippen molar-refractivity contribution in [3.05, 3.63) is 59.4 Å². The highest BCUT2D eigenvalue weighted by molar-refractivity contribution is 7.92. The van der Waals surface area contributed by atoms with Gasteiger partial charge in [-0.1, -0.05) is 24.3 Å². The van der Waals surface area contributed by atoms with E-state index in [1.165, 1.54) is 24.3 Å². The second-order valence-electron chi connectivity index (χ2n) is 4.48. The molecule has 0 unspecified atom stereocenters. The van der Waals surface area contributed by atoms with Crippen LogP contribution >= 0.6 is 0 Å². The summed E-state index contributed by atoms with van der Waals surface area (Å²) in [5.74, 6) is -1.01. The molecular weight excluding hydrogens is 293 g/mol. The van der Waals surface area contributed by atoms with Crippen LogP contribution in [0.1, 0.15) is 11.1 Å². The molecule has 0 bridgehead atoms. The average molecular weight is 307 g/mol. The van der Waals surface area contributed by atoms with Gasteiger partial charge in [0.05, 0.1) is 5.69 Å². The number of sulfonamides is 1. The number of nitrogen functional groups attached to an aromatic ring is 1. The molecule has 0 atom stereocenters. The lowest BCUT2D eigenvalue weighted by Gasteiger charge is -2.12. The van der Waals surface area contributed by atoms with Crippen molar-refractivity contribution in [1.29, 1.82) is 5.41 Å². The second kappa shape index (κ2) is 5.53. The zero-order valence-electron chi connectivity index (χ0n) is 11.2. The van der Waals surface area contributed by atoms with Crippen molar-refractivity contribution in [1.82, 2.24) is 0 Å². The first-order valence-corrected chi connectivity index (χ1v) is 7.52. The molecule has 0 aliphatic heterocycles. The van der Waals surface area contributed by atoms with Crippen molar-refractivity contribution in [2.75, 3.05) is 4.72 Å². The predicted molar refractivity (Wildman–Crippen MR) is 79.4 cm³/mol. The van der Waals surface area contributed by atoms with Crippen LogP contribution in [0.5, 0.6) is 0 Å². The molecule has 2 aromatic rings. The fourth-order valence-electron chi connectivity index (χ4n) is 1.76. The van der Waals surface area contributed by atoms with E-state index < -0.39 is 20.7 Å². The van der Waals surface area contributed by atoms with Crippen LogP contribution in [-0.4, -0.2) is 14.3 Å². The summed E-state index contributed by atoms with van der Waals surface area (Å²) in [7, 11) is -4.05. The van der Waals surface area contributed by atoms with E-state index in [-0.39, 0.29) is 11.5 Å². The number of nitrogens with two attached hydrogens (primary N) is 1. The number of amidine groups is 1. The third kappa shape index (κ3) is 3.19. The molecule has 0 aromatic heterocycles. The summed E-state index contributed by atoms with van der Waals surface area (Å²) < 4.78 is 40.4. The monoisotopic (exact) mass is 307 g/mol. The zero-order chi connectivity index (χ0) is 15.6. The topological polar surface area (TPSA) is 96.0 Å². The SMILES string of the molecule is Cc1ccc(C(=N)N)cc1NS(=O)(=O)c1ccccc1F. The zero-order valence-corrected chi connectivity index (χ0v) is 12.0. The smallest absolute Gasteiger partial charge is 0.264 e. The molecule has 0 aliphatic rings. The van der Waals surface area contributed by atoms with Gasteiger partial charge >= 0.3 is 0 Å². The maximum atomic E-state index is 13.6. The number of nitrogens with one attached hydrogen (secondary N) is 2. The van der Waals surface area contributed by atoms with Crippen LogP contribution in [0, 0.1) is 18.2 Å². The van der Waals surface area contributed by atoms with E-state index in [2.05, 4.69) is 4.72 Å². The van der Waals surface area contributed by atoms with Gasteiger partial charge in [0.15, 0.2) is 0 Å². The lowest BCUT2D eigenvalue weighted by Crippen LogP contribution is -2.17. The van der Waals surface area contributed by atoms with Gasteiger partial charge in [0.1, 0.15) is 16.5 Å². The summed E-state index contributed by atoms with van der Waals surface area (Å²) in [5.41, 5.74) is 6.65. The van der Waals surface area contributed by atoms with E-state index in [1.807, 2.05) is 0 Å². The molecule has 0 radical (unpaired) electrons. The Morgan fingerprint density at radius 3 is 2.52 bits per heavy atom. The first-order chi connectivity index (χ1) is 9.81. The summed E-state index contributed by atoms with van der Waals surface area (Å²) >= 11 is 0. The van der Waals surface area contributed by atoms with Gasteiger partial charge in [-0.3, -0.25) is 10.1 Å².